The first kappa shape index (κ1) is 76.7. The molecule has 95 heavy (non-hydrogen) atoms. The number of hydrogen-bond acceptors (Lipinski definition) is 33. The maximum absolute atomic E-state index is 12.3. The van der Waals surface area contributed by atoms with E-state index in [0.717, 1.165) is 9.13 Å². The largest absolute Gasteiger partial charge is 0.394 e. The minimum absolute atomic E-state index is 0.0123. The predicted octanol–water partition coefficient (Wildman–Crippen LogP) is -11.4. The molecular formula is C56H90N10O29. The molecule has 2 aromatic heterocycles. The minimum atomic E-state index is -1.48. The zero-order valence-electron chi connectivity index (χ0n) is 52.4. The number of anilines is 2. The summed E-state index contributed by atoms with van der Waals surface area (Å²) in [7, 11) is 0. The Morgan fingerprint density at radius 1 is 0.453 bits per heavy atom. The molecular weight excluding hydrogens is 1280 g/mol. The average molecular weight is 1370 g/mol. The number of nitrogens with two attached hydrogens (primary N) is 2. The van der Waals surface area contributed by atoms with Gasteiger partial charge in [-0.1, -0.05) is 0 Å². The lowest BCUT2D eigenvalue weighted by atomic mass is 9.85. The number of carbonyl (C=O) groups excluding carboxylic acids is 4. The van der Waals surface area contributed by atoms with Gasteiger partial charge in [-0.05, 0) is 12.1 Å². The molecule has 21 N–H and O–H groups in total. The van der Waals surface area contributed by atoms with Gasteiger partial charge in [0.1, 0.15) is 84.8 Å². The molecule has 0 aromatic carbocycles. The van der Waals surface area contributed by atoms with Crippen LogP contribution in [0.1, 0.15) is 46.6 Å². The van der Waals surface area contributed by atoms with Gasteiger partial charge in [-0.15, -0.1) is 0 Å². The molecule has 6 saturated heterocycles. The molecule has 4 amide bonds. The maximum Gasteiger partial charge on any atom is 0.351 e. The summed E-state index contributed by atoms with van der Waals surface area (Å²) in [5, 5.41) is 145. The van der Waals surface area contributed by atoms with Crippen LogP contribution in [0.25, 0.3) is 0 Å². The minimum Gasteiger partial charge on any atom is -0.394 e. The zero-order valence-corrected chi connectivity index (χ0v) is 52.4. The van der Waals surface area contributed by atoms with Crippen LogP contribution < -0.4 is 44.1 Å². The fourth-order valence-corrected chi connectivity index (χ4v) is 12.4. The number of aromatic nitrogens is 4. The third-order valence-electron chi connectivity index (χ3n) is 17.2. The van der Waals surface area contributed by atoms with E-state index in [2.05, 4.69) is 31.2 Å². The molecule has 2 aromatic rings. The highest BCUT2D eigenvalue weighted by Gasteiger charge is 2.52. The van der Waals surface area contributed by atoms with E-state index in [-0.39, 0.29) is 64.3 Å². The molecule has 6 fully saturated rings. The van der Waals surface area contributed by atoms with Gasteiger partial charge in [-0.2, -0.15) is 9.97 Å². The standard InChI is InChI=1S/C29H47N5O15.C27H43N5O14/c1-12(38)31-22-19(10-46-9-15-17(6-36)49-28(25(15)41)34-4-3-21(30)33-29(34)44)47-16(5-35)14(24(22)40)8-45-11-20-23(32-13(2)39)27(43)26(42)18(7-37)48-20;1-11(35)29-20-18(45-17(7-34)23(39)24(20)40)10-42-9-14-16(6-33)46-26(21(22(14)38)30-12(2)36)43-8-13-5-15(37)25(44-13)32-4-3-19(28)31-27(32)41/h3-4,14-20,22-28,35-37,40-43H,5-11H2,1-2H3,(H,31,38)(H,32,39)(H2,30,33,44);3-4,13-18,20-26,33-34,37-40H,5-10H2,1-2H3,(H,29,35)(H,30,36)(H2,28,31,41)/t14-,15-,16-,17-,18-,19+,20+,22+,23+,24+,25+,26-,27-,28-;13-,14+,15-,16+,17+,18-,20-,21+,22-,23+,24+,25+,26+/m10/s1. The van der Waals surface area contributed by atoms with Gasteiger partial charge in [0.2, 0.25) is 23.6 Å². The molecule has 538 valence electrons. The number of nitrogen functional groups attached to an aromatic ring is 2. The van der Waals surface area contributed by atoms with Crippen LogP contribution in [0.2, 0.25) is 0 Å². The number of nitrogens with one attached hydrogen (secondary N) is 4. The summed E-state index contributed by atoms with van der Waals surface area (Å²) in [5.74, 6) is -4.65. The quantitative estimate of drug-likeness (QED) is 0.0416. The lowest BCUT2D eigenvalue weighted by Gasteiger charge is -2.45. The van der Waals surface area contributed by atoms with Crippen LogP contribution >= 0.6 is 0 Å². The highest BCUT2D eigenvalue weighted by atomic mass is 16.7. The van der Waals surface area contributed by atoms with E-state index in [1.165, 1.54) is 52.2 Å². The van der Waals surface area contributed by atoms with Gasteiger partial charge in [0.15, 0.2) is 18.7 Å². The van der Waals surface area contributed by atoms with Crippen LogP contribution in [0.15, 0.2) is 34.1 Å². The van der Waals surface area contributed by atoms with Crippen molar-refractivity contribution in [3.05, 3.63) is 45.5 Å². The molecule has 27 atom stereocenters. The van der Waals surface area contributed by atoms with E-state index in [4.69, 9.17) is 58.8 Å². The predicted molar refractivity (Wildman–Crippen MR) is 316 cm³/mol. The van der Waals surface area contributed by atoms with Gasteiger partial charge in [0.25, 0.3) is 0 Å². The molecule has 8 heterocycles. The van der Waals surface area contributed by atoms with Crippen LogP contribution in [0, 0.1) is 17.8 Å². The molecule has 0 spiro atoms. The van der Waals surface area contributed by atoms with Gasteiger partial charge in [-0.3, -0.25) is 28.3 Å². The van der Waals surface area contributed by atoms with E-state index in [9.17, 15) is 95.2 Å². The Bertz CT molecular complexity index is 2930. The smallest absolute Gasteiger partial charge is 0.351 e. The highest BCUT2D eigenvalue weighted by molar-refractivity contribution is 5.74. The number of ether oxygens (including phenoxy) is 10. The van der Waals surface area contributed by atoms with Crippen LogP contribution in [-0.4, -0.2) is 323 Å². The molecule has 6 aliphatic rings. The summed E-state index contributed by atoms with van der Waals surface area (Å²) in [4.78, 5) is 79.4. The number of carbonyl (C=O) groups is 4. The van der Waals surface area contributed by atoms with Crippen molar-refractivity contribution in [3.8, 4) is 0 Å². The third kappa shape index (κ3) is 19.2. The Morgan fingerprint density at radius 3 is 1.22 bits per heavy atom. The molecule has 0 unspecified atom stereocenters. The number of amides is 4. The summed E-state index contributed by atoms with van der Waals surface area (Å²) in [6, 6.07) is -1.60. The van der Waals surface area contributed by atoms with Gasteiger partial charge in [-0.25, -0.2) is 9.59 Å². The lowest BCUT2D eigenvalue weighted by molar-refractivity contribution is -0.270. The fraction of sp³-hybridized carbons (Fsp3) is 0.786. The Balaban J connectivity index is 0.000000269. The van der Waals surface area contributed by atoms with E-state index in [0.29, 0.717) is 0 Å². The Kier molecular flexibility index (Phi) is 28.4. The van der Waals surface area contributed by atoms with Crippen molar-refractivity contribution in [1.82, 2.24) is 40.4 Å². The van der Waals surface area contributed by atoms with E-state index in [1.54, 1.807) is 0 Å². The average Bonchev–Trinajstić information content (AvgIpc) is 1.80. The van der Waals surface area contributed by atoms with Crippen LogP contribution in [0.3, 0.4) is 0 Å². The lowest BCUT2D eigenvalue weighted by Crippen LogP contribution is -2.65. The van der Waals surface area contributed by atoms with Gasteiger partial charge in [0.05, 0.1) is 134 Å². The molecule has 39 heteroatoms. The van der Waals surface area contributed by atoms with Crippen LogP contribution in [-0.2, 0) is 66.5 Å². The number of aliphatic hydroxyl groups excluding tert-OH is 13. The molecule has 8 rings (SSSR count). The molecule has 39 nitrogen and oxygen atoms in total. The molecule has 0 aliphatic carbocycles. The van der Waals surface area contributed by atoms with E-state index in [1.807, 2.05) is 0 Å². The van der Waals surface area contributed by atoms with Gasteiger partial charge >= 0.3 is 11.4 Å². The molecule has 0 bridgehead atoms. The Labute approximate surface area is 542 Å². The van der Waals surface area contributed by atoms with Gasteiger partial charge < -0.3 is 146 Å². The van der Waals surface area contributed by atoms with Crippen molar-refractivity contribution >= 4 is 35.3 Å². The second-order valence-corrected chi connectivity index (χ2v) is 24.0. The monoisotopic (exact) mass is 1370 g/mol. The first-order valence-electron chi connectivity index (χ1n) is 30.7. The second kappa shape index (κ2) is 35.2. The Hall–Kier alpha value is -5.68. The maximum atomic E-state index is 12.3. The molecule has 0 saturated carbocycles. The second-order valence-electron chi connectivity index (χ2n) is 24.0. The summed E-state index contributed by atoms with van der Waals surface area (Å²) >= 11 is 0. The molecule has 6 aliphatic heterocycles. The Morgan fingerprint density at radius 2 is 0.811 bits per heavy atom. The van der Waals surface area contributed by atoms with Crippen molar-refractivity contribution in [2.24, 2.45) is 17.8 Å². The van der Waals surface area contributed by atoms with Crippen molar-refractivity contribution in [2.75, 3.05) is 90.7 Å². The summed E-state index contributed by atoms with van der Waals surface area (Å²) in [6.45, 7) is 0.436. The number of aliphatic hydroxyl groups is 13. The summed E-state index contributed by atoms with van der Waals surface area (Å²) in [6.07, 6.45) is -20.7. The van der Waals surface area contributed by atoms with Crippen molar-refractivity contribution in [3.63, 3.8) is 0 Å². The fourth-order valence-electron chi connectivity index (χ4n) is 12.4. The first-order valence-corrected chi connectivity index (χ1v) is 30.7. The van der Waals surface area contributed by atoms with Crippen LogP contribution in [0.5, 0.6) is 0 Å². The highest BCUT2D eigenvalue weighted by Crippen LogP contribution is 2.36. The van der Waals surface area contributed by atoms with E-state index < -0.39 is 232 Å². The first-order chi connectivity index (χ1) is 45.1. The number of hydrogen-bond donors (Lipinski definition) is 19. The van der Waals surface area contributed by atoms with Crippen molar-refractivity contribution in [2.45, 2.75) is 181 Å². The van der Waals surface area contributed by atoms with E-state index >= 15 is 0 Å². The summed E-state index contributed by atoms with van der Waals surface area (Å²) in [5.41, 5.74) is 9.60. The third-order valence-corrected chi connectivity index (χ3v) is 17.2. The summed E-state index contributed by atoms with van der Waals surface area (Å²) < 4.78 is 60.2. The number of nitrogens with zero attached hydrogens (tertiary/aromatic N) is 4. The molecule has 0 radical (unpaired) electrons. The topological polar surface area (TPSA) is 594 Å². The zero-order chi connectivity index (χ0) is 69.7. The SMILES string of the molecule is CC(=O)N[C@@H]1[C@@H](O)[C@H](O)[C@@H](CO)O[C@H]1COC[C@H]1[C@H](O)[C@@H](NC(C)=O)[C@H](COC[C@H]2[C@H](O)[C@H](n3ccc(N)nc3=O)O[C@@H]2CO)O[C@@H]1CO.CC(=O)N[C@@H]1[C@@H](O)[C@H](O)[C@@H](CO)O[C@H]1COC[C@H]1[C@H](O)[C@@H](NC(C)=O)[C@H](OC[C@@H]2C[C@H](O)[C@H](n3ccc(N)nc3=O)O2)O[C@@H]1CO. The number of rotatable bonds is 26. The normalized spacial score (nSPS) is 37.9. The van der Waals surface area contributed by atoms with Crippen LogP contribution in [0.4, 0.5) is 11.6 Å². The van der Waals surface area contributed by atoms with Crippen molar-refractivity contribution in [1.29, 1.82) is 0 Å². The van der Waals surface area contributed by atoms with Gasteiger partial charge in [0, 0.05) is 64.3 Å². The van der Waals surface area contributed by atoms with Crippen molar-refractivity contribution < 1.29 is 133 Å².